The number of benzene rings is 3. The number of para-hydroxylation sites is 2. The molecule has 0 saturated carbocycles. The van der Waals surface area contributed by atoms with Crippen LogP contribution in [0.1, 0.15) is 18.1 Å². The summed E-state index contributed by atoms with van der Waals surface area (Å²) in [5, 5.41) is 12.4. The van der Waals surface area contributed by atoms with Crippen molar-refractivity contribution in [1.29, 1.82) is 0 Å². The van der Waals surface area contributed by atoms with Crippen LogP contribution >= 0.6 is 0 Å². The predicted octanol–water partition coefficient (Wildman–Crippen LogP) is 6.59. The highest BCUT2D eigenvalue weighted by Crippen LogP contribution is 2.24. The highest BCUT2D eigenvalue weighted by atomic mass is 16.4. The number of aryl methyl sites for hydroxylation is 2. The first kappa shape index (κ1) is 20.3. The number of pyridine rings is 1. The number of hydrogen-bond acceptors (Lipinski definition) is 5. The first-order valence-corrected chi connectivity index (χ1v) is 10.3. The topological polar surface area (TPSA) is 63.8 Å². The van der Waals surface area contributed by atoms with Crippen molar-refractivity contribution in [2.45, 2.75) is 20.3 Å². The molecule has 0 aliphatic rings. The van der Waals surface area contributed by atoms with Crippen LogP contribution in [0.3, 0.4) is 0 Å². The summed E-state index contributed by atoms with van der Waals surface area (Å²) in [5.74, 6) is 0.525. The van der Waals surface area contributed by atoms with Gasteiger partial charge in [0.2, 0.25) is 5.89 Å². The number of nitrogens with one attached hydrogen (secondary N) is 1. The Morgan fingerprint density at radius 3 is 2.35 bits per heavy atom. The van der Waals surface area contributed by atoms with E-state index in [2.05, 4.69) is 51.7 Å². The van der Waals surface area contributed by atoms with Crippen molar-refractivity contribution in [2.75, 3.05) is 5.32 Å². The maximum Gasteiger partial charge on any atom is 0.320 e. The normalized spacial score (nSPS) is 10.4. The van der Waals surface area contributed by atoms with E-state index in [9.17, 15) is 0 Å². The van der Waals surface area contributed by atoms with Crippen molar-refractivity contribution in [3.05, 3.63) is 102 Å². The van der Waals surface area contributed by atoms with Crippen molar-refractivity contribution >= 4 is 22.6 Å². The van der Waals surface area contributed by atoms with Crippen LogP contribution in [-0.2, 0) is 6.42 Å². The molecule has 0 atom stereocenters. The van der Waals surface area contributed by atoms with Gasteiger partial charge in [0.1, 0.15) is 0 Å². The fourth-order valence-electron chi connectivity index (χ4n) is 3.30. The lowest BCUT2D eigenvalue weighted by Crippen LogP contribution is -1.88. The van der Waals surface area contributed by atoms with Crippen LogP contribution in [0, 0.1) is 6.92 Å². The van der Waals surface area contributed by atoms with E-state index in [0.717, 1.165) is 28.8 Å². The minimum atomic E-state index is 0.393. The molecule has 0 spiro atoms. The van der Waals surface area contributed by atoms with Crippen LogP contribution in [0.4, 0.5) is 11.7 Å². The summed E-state index contributed by atoms with van der Waals surface area (Å²) >= 11 is 0. The van der Waals surface area contributed by atoms with Crippen LogP contribution in [0.5, 0.6) is 0 Å². The molecule has 0 amide bonds. The molecular formula is C26H24N4O. The van der Waals surface area contributed by atoms with Gasteiger partial charge in [-0.2, -0.15) is 0 Å². The van der Waals surface area contributed by atoms with Gasteiger partial charge in [0.15, 0.2) is 0 Å². The van der Waals surface area contributed by atoms with E-state index in [1.54, 1.807) is 0 Å². The molecule has 2 heterocycles. The molecule has 5 nitrogen and oxygen atoms in total. The van der Waals surface area contributed by atoms with Crippen LogP contribution < -0.4 is 5.32 Å². The summed E-state index contributed by atoms with van der Waals surface area (Å²) < 4.78 is 5.62. The zero-order valence-corrected chi connectivity index (χ0v) is 17.6. The van der Waals surface area contributed by atoms with Gasteiger partial charge in [0.05, 0.1) is 5.52 Å². The molecule has 0 unspecified atom stereocenters. The third-order valence-corrected chi connectivity index (χ3v) is 4.95. The van der Waals surface area contributed by atoms with Crippen LogP contribution in [0.25, 0.3) is 22.4 Å². The lowest BCUT2D eigenvalue weighted by atomic mass is 10.1. The minimum absolute atomic E-state index is 0.393. The van der Waals surface area contributed by atoms with E-state index in [-0.39, 0.29) is 0 Å². The first-order chi connectivity index (χ1) is 15.2. The Morgan fingerprint density at radius 2 is 1.55 bits per heavy atom. The molecule has 2 aromatic heterocycles. The van der Waals surface area contributed by atoms with Gasteiger partial charge in [0.25, 0.3) is 0 Å². The molecule has 5 heteroatoms. The van der Waals surface area contributed by atoms with Gasteiger partial charge in [-0.15, -0.1) is 5.10 Å². The lowest BCUT2D eigenvalue weighted by Gasteiger charge is -2.01. The number of rotatable bonds is 4. The van der Waals surface area contributed by atoms with E-state index in [4.69, 9.17) is 4.42 Å². The molecule has 0 radical (unpaired) electrons. The van der Waals surface area contributed by atoms with Crippen molar-refractivity contribution in [2.24, 2.45) is 0 Å². The lowest BCUT2D eigenvalue weighted by molar-refractivity contribution is 0.587. The summed E-state index contributed by atoms with van der Waals surface area (Å²) in [7, 11) is 0. The molecule has 154 valence electrons. The van der Waals surface area contributed by atoms with Gasteiger partial charge in [-0.05, 0) is 54.8 Å². The minimum Gasteiger partial charge on any atom is -0.403 e. The zero-order valence-electron chi connectivity index (χ0n) is 17.6. The van der Waals surface area contributed by atoms with Crippen molar-refractivity contribution in [1.82, 2.24) is 15.2 Å². The average molecular weight is 409 g/mol. The largest absolute Gasteiger partial charge is 0.403 e. The molecule has 3 aromatic carbocycles. The Bertz CT molecular complexity index is 1260. The average Bonchev–Trinajstić information content (AvgIpc) is 3.28. The highest BCUT2D eigenvalue weighted by molar-refractivity contribution is 5.81. The molecule has 0 bridgehead atoms. The number of fused-ring (bicyclic) bond motifs is 1. The van der Waals surface area contributed by atoms with Gasteiger partial charge in [-0.25, -0.2) is 0 Å². The number of anilines is 2. The quantitative estimate of drug-likeness (QED) is 0.364. The smallest absolute Gasteiger partial charge is 0.320 e. The van der Waals surface area contributed by atoms with Crippen molar-refractivity contribution in [3.63, 3.8) is 0 Å². The van der Waals surface area contributed by atoms with E-state index >= 15 is 0 Å². The summed E-state index contributed by atoms with van der Waals surface area (Å²) in [6.45, 7) is 4.19. The van der Waals surface area contributed by atoms with E-state index in [1.807, 2.05) is 73.8 Å². The molecule has 5 rings (SSSR count). The second-order valence-electron chi connectivity index (χ2n) is 7.06. The molecular weight excluding hydrogens is 384 g/mol. The monoisotopic (exact) mass is 408 g/mol. The summed E-state index contributed by atoms with van der Waals surface area (Å²) in [5.41, 5.74) is 5.45. The predicted molar refractivity (Wildman–Crippen MR) is 125 cm³/mol. The zero-order chi connectivity index (χ0) is 21.5. The van der Waals surface area contributed by atoms with Crippen LogP contribution in [0.15, 0.2) is 95.5 Å². The summed E-state index contributed by atoms with van der Waals surface area (Å²) in [6.07, 6.45) is 2.95. The van der Waals surface area contributed by atoms with E-state index in [0.29, 0.717) is 11.9 Å². The van der Waals surface area contributed by atoms with E-state index in [1.165, 1.54) is 10.9 Å². The second kappa shape index (κ2) is 9.67. The standard InChI is InChI=1S/C15H13N3O.C11H11N/c1-11-7-5-6-10-13(11)14-17-18-15(19-14)16-12-8-3-2-4-9-12;1-2-9-7-8-12-11-6-4-3-5-10(9)11/h2-10H,1H3,(H,16,18);3-8H,2H2,1H3. The molecule has 0 aliphatic carbocycles. The number of nitrogens with zero attached hydrogens (tertiary/aromatic N) is 3. The Morgan fingerprint density at radius 1 is 0.806 bits per heavy atom. The SMILES string of the molecule is CCc1ccnc2ccccc12.Cc1ccccc1-c1nnc(Nc2ccccc2)o1. The van der Waals surface area contributed by atoms with E-state index < -0.39 is 0 Å². The molecule has 31 heavy (non-hydrogen) atoms. The Hall–Kier alpha value is -3.99. The third-order valence-electron chi connectivity index (χ3n) is 4.95. The van der Waals surface area contributed by atoms with Crippen molar-refractivity contribution in [3.8, 4) is 11.5 Å². The van der Waals surface area contributed by atoms with Crippen molar-refractivity contribution < 1.29 is 4.42 Å². The second-order valence-corrected chi connectivity index (χ2v) is 7.06. The maximum absolute atomic E-state index is 5.62. The van der Waals surface area contributed by atoms with Gasteiger partial charge in [-0.3, -0.25) is 4.98 Å². The Labute approximate surface area is 181 Å². The maximum atomic E-state index is 5.62. The molecule has 0 saturated heterocycles. The first-order valence-electron chi connectivity index (χ1n) is 10.3. The van der Waals surface area contributed by atoms with Crippen LogP contribution in [-0.4, -0.2) is 15.2 Å². The highest BCUT2D eigenvalue weighted by Gasteiger charge is 2.10. The molecule has 0 fully saturated rings. The number of aromatic nitrogens is 3. The fourth-order valence-corrected chi connectivity index (χ4v) is 3.30. The van der Waals surface area contributed by atoms with Gasteiger partial charge in [0, 0.05) is 22.8 Å². The third kappa shape index (κ3) is 4.95. The van der Waals surface area contributed by atoms with Gasteiger partial charge < -0.3 is 9.73 Å². The number of hydrogen-bond donors (Lipinski definition) is 1. The van der Waals surface area contributed by atoms with Gasteiger partial charge in [-0.1, -0.05) is 66.6 Å². The molecule has 1 N–H and O–H groups in total. The van der Waals surface area contributed by atoms with Crippen LogP contribution in [0.2, 0.25) is 0 Å². The molecule has 5 aromatic rings. The summed E-state index contributed by atoms with van der Waals surface area (Å²) in [4.78, 5) is 4.29. The Balaban J connectivity index is 0.000000166. The fraction of sp³-hybridized carbons (Fsp3) is 0.115. The Kier molecular flexibility index (Phi) is 6.33. The van der Waals surface area contributed by atoms with Gasteiger partial charge >= 0.3 is 6.01 Å². The molecule has 0 aliphatic heterocycles. The summed E-state index contributed by atoms with van der Waals surface area (Å²) in [6, 6.07) is 28.4.